The predicted molar refractivity (Wildman–Crippen MR) is 121 cm³/mol. The van der Waals surface area contributed by atoms with Gasteiger partial charge in [-0.2, -0.15) is 5.10 Å². The van der Waals surface area contributed by atoms with E-state index in [-0.39, 0.29) is 12.5 Å². The van der Waals surface area contributed by atoms with E-state index in [4.69, 9.17) is 4.74 Å². The number of hydrazone groups is 1. The van der Waals surface area contributed by atoms with Crippen LogP contribution in [0.2, 0.25) is 0 Å². The first kappa shape index (κ1) is 19.9. The number of carbonyl (C=O) groups is 1. The number of hydrogen-bond acceptors (Lipinski definition) is 3. The van der Waals surface area contributed by atoms with Gasteiger partial charge in [-0.15, -0.1) is 0 Å². The van der Waals surface area contributed by atoms with Crippen LogP contribution in [-0.4, -0.2) is 18.2 Å². The molecule has 3 aromatic carbocycles. The molecule has 4 rings (SSSR count). The summed E-state index contributed by atoms with van der Waals surface area (Å²) in [5.74, 6) is 0.393. The van der Waals surface area contributed by atoms with E-state index >= 15 is 0 Å². The van der Waals surface area contributed by atoms with Crippen LogP contribution >= 0.6 is 0 Å². The van der Waals surface area contributed by atoms with Gasteiger partial charge in [0, 0.05) is 5.56 Å². The highest BCUT2D eigenvalue weighted by Crippen LogP contribution is 2.29. The smallest absolute Gasteiger partial charge is 0.277 e. The third-order valence-electron chi connectivity index (χ3n) is 5.45. The number of carbonyl (C=O) groups excluding carboxylic acids is 1. The Morgan fingerprint density at radius 1 is 0.933 bits per heavy atom. The standard InChI is InChI=1S/C26H26N2O2/c1-19(22-16-15-20-9-5-6-12-23(20)17-22)27-28-26(29)18-30-25-14-8-7-13-24(25)21-10-3-2-4-11-21/h2-4,7-8,10-11,13-17H,5-6,9,12,18H2,1H3,(H,28,29)/b27-19-. The zero-order chi connectivity index (χ0) is 20.8. The summed E-state index contributed by atoms with van der Waals surface area (Å²) in [7, 11) is 0. The van der Waals surface area contributed by atoms with E-state index in [1.165, 1.54) is 24.0 Å². The van der Waals surface area contributed by atoms with Crippen molar-refractivity contribution in [3.05, 3.63) is 89.5 Å². The lowest BCUT2D eigenvalue weighted by Gasteiger charge is -2.16. The Labute approximate surface area is 177 Å². The lowest BCUT2D eigenvalue weighted by Crippen LogP contribution is -2.25. The molecule has 1 aliphatic rings. The summed E-state index contributed by atoms with van der Waals surface area (Å²) in [4.78, 5) is 12.3. The van der Waals surface area contributed by atoms with Gasteiger partial charge in [-0.05, 0) is 67.0 Å². The molecule has 0 bridgehead atoms. The van der Waals surface area contributed by atoms with Gasteiger partial charge in [-0.3, -0.25) is 4.79 Å². The average Bonchev–Trinajstić information content (AvgIpc) is 2.81. The second kappa shape index (κ2) is 9.40. The zero-order valence-corrected chi connectivity index (χ0v) is 17.2. The first-order valence-corrected chi connectivity index (χ1v) is 10.4. The van der Waals surface area contributed by atoms with E-state index in [2.05, 4.69) is 28.7 Å². The quantitative estimate of drug-likeness (QED) is 0.461. The zero-order valence-electron chi connectivity index (χ0n) is 17.2. The van der Waals surface area contributed by atoms with Crippen molar-refractivity contribution in [3.63, 3.8) is 0 Å². The normalized spacial score (nSPS) is 13.4. The molecule has 0 aromatic heterocycles. The maximum absolute atomic E-state index is 12.3. The molecule has 1 N–H and O–H groups in total. The number of hydrogen-bond donors (Lipinski definition) is 1. The van der Waals surface area contributed by atoms with E-state index in [1.807, 2.05) is 61.5 Å². The highest BCUT2D eigenvalue weighted by molar-refractivity contribution is 5.99. The minimum atomic E-state index is -0.282. The third kappa shape index (κ3) is 4.77. The second-order valence-electron chi connectivity index (χ2n) is 7.57. The Bertz CT molecular complexity index is 1060. The molecule has 0 unspecified atom stereocenters. The molecule has 152 valence electrons. The van der Waals surface area contributed by atoms with E-state index in [9.17, 15) is 4.79 Å². The van der Waals surface area contributed by atoms with Crippen molar-refractivity contribution >= 4 is 11.6 Å². The summed E-state index contributed by atoms with van der Waals surface area (Å²) in [6.45, 7) is 1.82. The lowest BCUT2D eigenvalue weighted by atomic mass is 9.90. The SMILES string of the molecule is C/C(=N/NC(=O)COc1ccccc1-c1ccccc1)c1ccc2c(c1)CCCC2. The maximum atomic E-state index is 12.3. The molecule has 30 heavy (non-hydrogen) atoms. The molecule has 0 saturated heterocycles. The largest absolute Gasteiger partial charge is 0.483 e. The number of rotatable bonds is 6. The molecular weight excluding hydrogens is 372 g/mol. The average molecular weight is 399 g/mol. The highest BCUT2D eigenvalue weighted by atomic mass is 16.5. The lowest BCUT2D eigenvalue weighted by molar-refractivity contribution is -0.123. The monoisotopic (exact) mass is 398 g/mol. The number of aryl methyl sites for hydroxylation is 2. The summed E-state index contributed by atoms with van der Waals surface area (Å²) in [5.41, 5.74) is 9.30. The number of amides is 1. The summed E-state index contributed by atoms with van der Waals surface area (Å²) in [6.07, 6.45) is 4.79. The summed E-state index contributed by atoms with van der Waals surface area (Å²) in [6, 6.07) is 24.2. The number of fused-ring (bicyclic) bond motifs is 1. The fourth-order valence-electron chi connectivity index (χ4n) is 3.79. The summed E-state index contributed by atoms with van der Waals surface area (Å²) >= 11 is 0. The van der Waals surface area contributed by atoms with E-state index < -0.39 is 0 Å². The predicted octanol–water partition coefficient (Wildman–Crippen LogP) is 5.15. The van der Waals surface area contributed by atoms with E-state index in [1.54, 1.807) is 0 Å². The number of nitrogens with zero attached hydrogens (tertiary/aromatic N) is 1. The van der Waals surface area contributed by atoms with Gasteiger partial charge in [0.2, 0.25) is 0 Å². The van der Waals surface area contributed by atoms with Gasteiger partial charge in [-0.25, -0.2) is 5.43 Å². The van der Waals surface area contributed by atoms with E-state index in [0.29, 0.717) is 5.75 Å². The van der Waals surface area contributed by atoms with Gasteiger partial charge in [0.05, 0.1) is 5.71 Å². The van der Waals surface area contributed by atoms with Crippen LogP contribution in [0.4, 0.5) is 0 Å². The molecule has 3 aromatic rings. The molecule has 1 aliphatic carbocycles. The molecular formula is C26H26N2O2. The van der Waals surface area contributed by atoms with Crippen molar-refractivity contribution in [1.29, 1.82) is 0 Å². The number of nitrogens with one attached hydrogen (secondary N) is 1. The Balaban J connectivity index is 1.38. The minimum absolute atomic E-state index is 0.0924. The fourth-order valence-corrected chi connectivity index (χ4v) is 3.79. The molecule has 4 heteroatoms. The minimum Gasteiger partial charge on any atom is -0.483 e. The number of benzene rings is 3. The van der Waals surface area contributed by atoms with Crippen molar-refractivity contribution < 1.29 is 9.53 Å². The van der Waals surface area contributed by atoms with Crippen LogP contribution in [0.15, 0.2) is 77.9 Å². The Hall–Kier alpha value is -3.40. The Morgan fingerprint density at radius 2 is 1.67 bits per heavy atom. The van der Waals surface area contributed by atoms with Crippen LogP contribution in [0.25, 0.3) is 11.1 Å². The van der Waals surface area contributed by atoms with Crippen LogP contribution < -0.4 is 10.2 Å². The topological polar surface area (TPSA) is 50.7 Å². The van der Waals surface area contributed by atoms with Crippen molar-refractivity contribution in [3.8, 4) is 16.9 Å². The van der Waals surface area contributed by atoms with Crippen LogP contribution in [0, 0.1) is 0 Å². The molecule has 0 fully saturated rings. The van der Waals surface area contributed by atoms with Crippen LogP contribution in [0.1, 0.15) is 36.5 Å². The molecule has 0 atom stereocenters. The second-order valence-corrected chi connectivity index (χ2v) is 7.57. The van der Waals surface area contributed by atoms with Crippen molar-refractivity contribution in [2.75, 3.05) is 6.61 Å². The Kier molecular flexibility index (Phi) is 6.23. The first-order valence-electron chi connectivity index (χ1n) is 10.4. The van der Waals surface area contributed by atoms with Crippen LogP contribution in [0.5, 0.6) is 5.75 Å². The molecule has 1 amide bonds. The van der Waals surface area contributed by atoms with Gasteiger partial charge in [0.25, 0.3) is 5.91 Å². The Morgan fingerprint density at radius 3 is 2.50 bits per heavy atom. The van der Waals surface area contributed by atoms with E-state index in [0.717, 1.165) is 35.2 Å². The summed E-state index contributed by atoms with van der Waals surface area (Å²) < 4.78 is 5.78. The van der Waals surface area contributed by atoms with Gasteiger partial charge >= 0.3 is 0 Å². The van der Waals surface area contributed by atoms with Gasteiger partial charge in [0.1, 0.15) is 5.75 Å². The van der Waals surface area contributed by atoms with Crippen molar-refractivity contribution in [1.82, 2.24) is 5.43 Å². The van der Waals surface area contributed by atoms with Gasteiger partial charge in [0.15, 0.2) is 6.61 Å². The number of para-hydroxylation sites is 1. The number of ether oxygens (including phenoxy) is 1. The molecule has 0 aliphatic heterocycles. The highest BCUT2D eigenvalue weighted by Gasteiger charge is 2.11. The van der Waals surface area contributed by atoms with Crippen molar-refractivity contribution in [2.45, 2.75) is 32.6 Å². The maximum Gasteiger partial charge on any atom is 0.277 e. The van der Waals surface area contributed by atoms with Gasteiger partial charge in [-0.1, -0.05) is 60.7 Å². The third-order valence-corrected chi connectivity index (χ3v) is 5.45. The fraction of sp³-hybridized carbons (Fsp3) is 0.231. The van der Waals surface area contributed by atoms with Gasteiger partial charge < -0.3 is 4.74 Å². The molecule has 0 saturated carbocycles. The van der Waals surface area contributed by atoms with Crippen LogP contribution in [-0.2, 0) is 17.6 Å². The summed E-state index contributed by atoms with van der Waals surface area (Å²) in [5, 5.41) is 4.27. The molecule has 0 spiro atoms. The van der Waals surface area contributed by atoms with Crippen molar-refractivity contribution in [2.24, 2.45) is 5.10 Å². The molecule has 4 nitrogen and oxygen atoms in total. The first-order chi connectivity index (χ1) is 14.7. The molecule has 0 radical (unpaired) electrons. The molecule has 0 heterocycles. The van der Waals surface area contributed by atoms with Crippen LogP contribution in [0.3, 0.4) is 0 Å².